The van der Waals surface area contributed by atoms with Gasteiger partial charge in [-0.25, -0.2) is 4.39 Å². The molecular formula is C17H17FN2O. The minimum atomic E-state index is -0.554. The van der Waals surface area contributed by atoms with Gasteiger partial charge in [0.15, 0.2) is 0 Å². The first kappa shape index (κ1) is 13.8. The summed E-state index contributed by atoms with van der Waals surface area (Å²) in [5.41, 5.74) is 7.05. The molecule has 0 spiro atoms. The van der Waals surface area contributed by atoms with Crippen molar-refractivity contribution in [1.29, 1.82) is 0 Å². The minimum Gasteiger partial charge on any atom is -0.342 e. The largest absolute Gasteiger partial charge is 0.342 e. The fourth-order valence-electron chi connectivity index (χ4n) is 2.57. The quantitative estimate of drug-likeness (QED) is 0.907. The van der Waals surface area contributed by atoms with Gasteiger partial charge < -0.3 is 11.1 Å². The molecule has 21 heavy (non-hydrogen) atoms. The van der Waals surface area contributed by atoms with Gasteiger partial charge in [-0.05, 0) is 36.6 Å². The summed E-state index contributed by atoms with van der Waals surface area (Å²) in [6.45, 7) is 0.388. The summed E-state index contributed by atoms with van der Waals surface area (Å²) in [7, 11) is 0. The van der Waals surface area contributed by atoms with Crippen LogP contribution in [0.4, 0.5) is 4.39 Å². The zero-order chi connectivity index (χ0) is 14.9. The van der Waals surface area contributed by atoms with Crippen LogP contribution in [0.5, 0.6) is 0 Å². The van der Waals surface area contributed by atoms with Gasteiger partial charge in [0.05, 0.1) is 5.54 Å². The molecule has 0 bridgehead atoms. The van der Waals surface area contributed by atoms with Gasteiger partial charge in [0.25, 0.3) is 5.91 Å². The number of rotatable bonds is 4. The van der Waals surface area contributed by atoms with Crippen molar-refractivity contribution in [1.82, 2.24) is 5.32 Å². The monoisotopic (exact) mass is 284 g/mol. The summed E-state index contributed by atoms with van der Waals surface area (Å²) in [6, 6.07) is 13.8. The molecule has 1 aliphatic rings. The second kappa shape index (κ2) is 5.30. The number of hydrogen-bond donors (Lipinski definition) is 2. The number of carbonyl (C=O) groups excluding carboxylic acids is 1. The fraction of sp³-hybridized carbons (Fsp3) is 0.235. The summed E-state index contributed by atoms with van der Waals surface area (Å²) in [6.07, 6.45) is 1.52. The first-order valence-corrected chi connectivity index (χ1v) is 7.01. The highest BCUT2D eigenvalue weighted by Gasteiger charge is 2.47. The van der Waals surface area contributed by atoms with Crippen molar-refractivity contribution in [3.63, 3.8) is 0 Å². The summed E-state index contributed by atoms with van der Waals surface area (Å²) in [5.74, 6) is -0.461. The normalized spacial score (nSPS) is 15.5. The lowest BCUT2D eigenvalue weighted by molar-refractivity contribution is 0.0930. The number of halogens is 1. The van der Waals surface area contributed by atoms with E-state index in [9.17, 15) is 9.18 Å². The van der Waals surface area contributed by atoms with E-state index in [4.69, 9.17) is 5.73 Å². The van der Waals surface area contributed by atoms with Gasteiger partial charge in [0.1, 0.15) is 5.82 Å². The Morgan fingerprint density at radius 2 is 1.95 bits per heavy atom. The van der Waals surface area contributed by atoms with E-state index < -0.39 is 5.54 Å². The smallest absolute Gasteiger partial charge is 0.251 e. The standard InChI is InChI=1S/C17H17FN2O/c18-15-7-2-1-6-14(15)17(8-9-17)20-16(21)13-5-3-4-12(10-13)11-19/h1-7,10H,8-9,11,19H2,(H,20,21). The van der Waals surface area contributed by atoms with Crippen LogP contribution in [0.2, 0.25) is 0 Å². The summed E-state index contributed by atoms with van der Waals surface area (Å²) in [5, 5.41) is 2.97. The van der Waals surface area contributed by atoms with Crippen molar-refractivity contribution in [2.75, 3.05) is 0 Å². The predicted octanol–water partition coefficient (Wildman–Crippen LogP) is 2.70. The maximum atomic E-state index is 13.9. The summed E-state index contributed by atoms with van der Waals surface area (Å²) >= 11 is 0. The van der Waals surface area contributed by atoms with Gasteiger partial charge >= 0.3 is 0 Å². The average molecular weight is 284 g/mol. The second-order valence-corrected chi connectivity index (χ2v) is 5.42. The lowest BCUT2D eigenvalue weighted by Crippen LogP contribution is -2.35. The van der Waals surface area contributed by atoms with Gasteiger partial charge in [-0.15, -0.1) is 0 Å². The van der Waals surface area contributed by atoms with Crippen LogP contribution < -0.4 is 11.1 Å². The van der Waals surface area contributed by atoms with E-state index in [-0.39, 0.29) is 11.7 Å². The molecule has 0 aliphatic heterocycles. The summed E-state index contributed by atoms with van der Waals surface area (Å²) in [4.78, 5) is 12.4. The van der Waals surface area contributed by atoms with Crippen molar-refractivity contribution in [2.24, 2.45) is 5.73 Å². The van der Waals surface area contributed by atoms with Crippen LogP contribution >= 0.6 is 0 Å². The molecule has 0 aromatic heterocycles. The van der Waals surface area contributed by atoms with Crippen molar-refractivity contribution in [3.8, 4) is 0 Å². The van der Waals surface area contributed by atoms with Crippen LogP contribution in [-0.2, 0) is 12.1 Å². The van der Waals surface area contributed by atoms with Crippen LogP contribution in [0.15, 0.2) is 48.5 Å². The molecule has 108 valence electrons. The maximum absolute atomic E-state index is 13.9. The van der Waals surface area contributed by atoms with Crippen LogP contribution in [0.3, 0.4) is 0 Å². The molecular weight excluding hydrogens is 267 g/mol. The Bertz CT molecular complexity index is 680. The van der Waals surface area contributed by atoms with E-state index in [0.717, 1.165) is 18.4 Å². The average Bonchev–Trinajstić information content (AvgIpc) is 3.28. The highest BCUT2D eigenvalue weighted by Crippen LogP contribution is 2.46. The molecule has 3 rings (SSSR count). The molecule has 0 unspecified atom stereocenters. The molecule has 2 aromatic carbocycles. The van der Waals surface area contributed by atoms with E-state index in [2.05, 4.69) is 5.32 Å². The maximum Gasteiger partial charge on any atom is 0.251 e. The van der Waals surface area contributed by atoms with Gasteiger partial charge in [-0.1, -0.05) is 30.3 Å². The number of nitrogens with one attached hydrogen (secondary N) is 1. The third-order valence-corrected chi connectivity index (χ3v) is 3.92. The Morgan fingerprint density at radius 1 is 1.19 bits per heavy atom. The lowest BCUT2D eigenvalue weighted by Gasteiger charge is -2.19. The van der Waals surface area contributed by atoms with Crippen LogP contribution in [0, 0.1) is 5.82 Å². The van der Waals surface area contributed by atoms with E-state index >= 15 is 0 Å². The van der Waals surface area contributed by atoms with E-state index in [0.29, 0.717) is 17.7 Å². The Kier molecular flexibility index (Phi) is 3.47. The Morgan fingerprint density at radius 3 is 2.62 bits per heavy atom. The molecule has 2 aromatic rings. The van der Waals surface area contributed by atoms with Gasteiger partial charge in [-0.2, -0.15) is 0 Å². The molecule has 0 atom stereocenters. The Hall–Kier alpha value is -2.20. The molecule has 3 nitrogen and oxygen atoms in total. The third-order valence-electron chi connectivity index (χ3n) is 3.92. The molecule has 4 heteroatoms. The molecule has 1 fully saturated rings. The lowest BCUT2D eigenvalue weighted by atomic mass is 10.0. The van der Waals surface area contributed by atoms with Crippen molar-refractivity contribution >= 4 is 5.91 Å². The van der Waals surface area contributed by atoms with Crippen molar-refractivity contribution in [3.05, 3.63) is 71.0 Å². The third kappa shape index (κ3) is 2.67. The first-order chi connectivity index (χ1) is 10.1. The summed E-state index contributed by atoms with van der Waals surface area (Å²) < 4.78 is 13.9. The SMILES string of the molecule is NCc1cccc(C(=O)NC2(c3ccccc3F)CC2)c1. The number of hydrogen-bond acceptors (Lipinski definition) is 2. The Labute approximate surface area is 123 Å². The van der Waals surface area contributed by atoms with E-state index in [1.165, 1.54) is 6.07 Å². The minimum absolute atomic E-state index is 0.189. The number of benzene rings is 2. The van der Waals surface area contributed by atoms with E-state index in [1.54, 1.807) is 36.4 Å². The van der Waals surface area contributed by atoms with Gasteiger partial charge in [0, 0.05) is 17.7 Å². The van der Waals surface area contributed by atoms with Crippen LogP contribution in [0.25, 0.3) is 0 Å². The number of carbonyl (C=O) groups is 1. The molecule has 1 aliphatic carbocycles. The molecule has 0 saturated heterocycles. The number of amides is 1. The predicted molar refractivity (Wildman–Crippen MR) is 79.1 cm³/mol. The highest BCUT2D eigenvalue weighted by molar-refractivity contribution is 5.95. The zero-order valence-electron chi connectivity index (χ0n) is 11.6. The zero-order valence-corrected chi connectivity index (χ0v) is 11.6. The highest BCUT2D eigenvalue weighted by atomic mass is 19.1. The molecule has 3 N–H and O–H groups in total. The molecule has 1 amide bonds. The van der Waals surface area contributed by atoms with Crippen LogP contribution in [0.1, 0.15) is 34.3 Å². The molecule has 0 radical (unpaired) electrons. The fourth-order valence-corrected chi connectivity index (χ4v) is 2.57. The van der Waals surface area contributed by atoms with Gasteiger partial charge in [-0.3, -0.25) is 4.79 Å². The van der Waals surface area contributed by atoms with Gasteiger partial charge in [0.2, 0.25) is 0 Å². The molecule has 0 heterocycles. The topological polar surface area (TPSA) is 55.1 Å². The molecule has 1 saturated carbocycles. The van der Waals surface area contributed by atoms with Crippen LogP contribution in [-0.4, -0.2) is 5.91 Å². The number of nitrogens with two attached hydrogens (primary N) is 1. The Balaban J connectivity index is 1.83. The van der Waals surface area contributed by atoms with E-state index in [1.807, 2.05) is 6.07 Å². The van der Waals surface area contributed by atoms with Crippen molar-refractivity contribution in [2.45, 2.75) is 24.9 Å². The second-order valence-electron chi connectivity index (χ2n) is 5.42. The first-order valence-electron chi connectivity index (χ1n) is 7.01. The van der Waals surface area contributed by atoms with Crippen molar-refractivity contribution < 1.29 is 9.18 Å².